The molecule has 2 rings (SSSR count). The lowest BCUT2D eigenvalue weighted by atomic mass is 10.1. The van der Waals surface area contributed by atoms with Gasteiger partial charge in [0, 0.05) is 25.2 Å². The lowest BCUT2D eigenvalue weighted by molar-refractivity contribution is -0.141. The van der Waals surface area contributed by atoms with E-state index in [1.165, 1.54) is 0 Å². The molecule has 1 aliphatic rings. The number of ether oxygens (including phenoxy) is 1. The van der Waals surface area contributed by atoms with Crippen LogP contribution in [0.25, 0.3) is 0 Å². The van der Waals surface area contributed by atoms with Crippen LogP contribution in [0.1, 0.15) is 37.1 Å². The maximum atomic E-state index is 11.0. The van der Waals surface area contributed by atoms with Crippen molar-refractivity contribution >= 4 is 5.97 Å². The minimum atomic E-state index is -0.0964. The van der Waals surface area contributed by atoms with Gasteiger partial charge >= 0.3 is 5.97 Å². The highest BCUT2D eigenvalue weighted by Gasteiger charge is 2.27. The smallest absolute Gasteiger partial charge is 0.306 e. The Hall–Kier alpha value is -1.32. The molecule has 4 heteroatoms. The van der Waals surface area contributed by atoms with Crippen LogP contribution in [0.3, 0.4) is 0 Å². The molecule has 1 saturated heterocycles. The maximum Gasteiger partial charge on any atom is 0.306 e. The first-order valence-corrected chi connectivity index (χ1v) is 4.92. The maximum absolute atomic E-state index is 11.0. The molecule has 0 aromatic carbocycles. The number of nitrogens with zero attached hydrogens (tertiary/aromatic N) is 2. The predicted octanol–water partition coefficient (Wildman–Crippen LogP) is 1.36. The minimum absolute atomic E-state index is 0.0638. The van der Waals surface area contributed by atoms with Gasteiger partial charge < -0.3 is 4.74 Å². The third-order valence-electron chi connectivity index (χ3n) is 2.50. The third kappa shape index (κ3) is 1.52. The van der Waals surface area contributed by atoms with Crippen molar-refractivity contribution in [3.8, 4) is 0 Å². The Kier molecular flexibility index (Phi) is 2.27. The average Bonchev–Trinajstić information content (AvgIpc) is 2.71. The summed E-state index contributed by atoms with van der Waals surface area (Å²) in [6, 6.07) is 0. The molecule has 0 spiro atoms. The van der Waals surface area contributed by atoms with Gasteiger partial charge in [0.2, 0.25) is 0 Å². The molecule has 1 atom stereocenters. The molecule has 76 valence electrons. The first-order chi connectivity index (χ1) is 6.70. The lowest BCUT2D eigenvalue weighted by Gasteiger charge is -2.07. The van der Waals surface area contributed by atoms with E-state index in [0.29, 0.717) is 6.42 Å². The monoisotopic (exact) mass is 194 g/mol. The Balaban J connectivity index is 2.26. The molecule has 1 aromatic rings. The third-order valence-corrected chi connectivity index (χ3v) is 2.50. The SMILES string of the molecule is CCc1nn(C)cc1C1CCC(=O)O1. The molecule has 1 fully saturated rings. The molecule has 0 bridgehead atoms. The number of hydrogen-bond acceptors (Lipinski definition) is 3. The zero-order valence-corrected chi connectivity index (χ0v) is 8.49. The largest absolute Gasteiger partial charge is 0.457 e. The van der Waals surface area contributed by atoms with Crippen molar-refractivity contribution < 1.29 is 9.53 Å². The van der Waals surface area contributed by atoms with Crippen LogP contribution < -0.4 is 0 Å². The van der Waals surface area contributed by atoms with Gasteiger partial charge in [0.1, 0.15) is 6.10 Å². The van der Waals surface area contributed by atoms with E-state index in [1.54, 1.807) is 4.68 Å². The van der Waals surface area contributed by atoms with Crippen molar-refractivity contribution in [2.45, 2.75) is 32.3 Å². The van der Waals surface area contributed by atoms with Gasteiger partial charge in [0.05, 0.1) is 5.69 Å². The van der Waals surface area contributed by atoms with Gasteiger partial charge in [-0.3, -0.25) is 9.48 Å². The Morgan fingerprint density at radius 1 is 1.71 bits per heavy atom. The Morgan fingerprint density at radius 2 is 2.50 bits per heavy atom. The van der Waals surface area contributed by atoms with Crippen molar-refractivity contribution in [2.24, 2.45) is 7.05 Å². The average molecular weight is 194 g/mol. The lowest BCUT2D eigenvalue weighted by Crippen LogP contribution is -2.00. The fourth-order valence-corrected chi connectivity index (χ4v) is 1.84. The van der Waals surface area contributed by atoms with Crippen molar-refractivity contribution in [2.75, 3.05) is 0 Å². The molecule has 0 amide bonds. The number of rotatable bonds is 2. The van der Waals surface area contributed by atoms with Gasteiger partial charge in [0.25, 0.3) is 0 Å². The Bertz CT molecular complexity index is 357. The van der Waals surface area contributed by atoms with E-state index in [9.17, 15) is 4.79 Å². The zero-order valence-electron chi connectivity index (χ0n) is 8.49. The molecule has 1 aliphatic heterocycles. The standard InChI is InChI=1S/C10H14N2O2/c1-3-8-7(6-12(2)11-8)9-4-5-10(13)14-9/h6,9H,3-5H2,1-2H3. The molecule has 14 heavy (non-hydrogen) atoms. The first kappa shape index (κ1) is 9.24. The number of hydrogen-bond donors (Lipinski definition) is 0. The van der Waals surface area contributed by atoms with E-state index in [-0.39, 0.29) is 12.1 Å². The van der Waals surface area contributed by atoms with Crippen molar-refractivity contribution in [1.82, 2.24) is 9.78 Å². The number of carbonyl (C=O) groups excluding carboxylic acids is 1. The Labute approximate surface area is 82.9 Å². The van der Waals surface area contributed by atoms with Gasteiger partial charge in [-0.1, -0.05) is 6.92 Å². The number of aryl methyl sites for hydroxylation is 2. The fourth-order valence-electron chi connectivity index (χ4n) is 1.84. The van der Waals surface area contributed by atoms with Crippen molar-refractivity contribution in [3.63, 3.8) is 0 Å². The van der Waals surface area contributed by atoms with Crippen molar-refractivity contribution in [1.29, 1.82) is 0 Å². The van der Waals surface area contributed by atoms with Gasteiger partial charge in [-0.25, -0.2) is 0 Å². The van der Waals surface area contributed by atoms with Crippen LogP contribution in [0.4, 0.5) is 0 Å². The molecule has 0 saturated carbocycles. The summed E-state index contributed by atoms with van der Waals surface area (Å²) in [7, 11) is 1.89. The molecular formula is C10H14N2O2. The number of carbonyl (C=O) groups is 1. The van der Waals surface area contributed by atoms with E-state index in [4.69, 9.17) is 4.74 Å². The highest BCUT2D eigenvalue weighted by atomic mass is 16.5. The van der Waals surface area contributed by atoms with E-state index < -0.39 is 0 Å². The molecule has 4 nitrogen and oxygen atoms in total. The summed E-state index contributed by atoms with van der Waals surface area (Å²) in [5, 5.41) is 4.32. The first-order valence-electron chi connectivity index (χ1n) is 4.92. The summed E-state index contributed by atoms with van der Waals surface area (Å²) < 4.78 is 6.99. The van der Waals surface area contributed by atoms with Crippen LogP contribution >= 0.6 is 0 Å². The zero-order chi connectivity index (χ0) is 10.1. The highest BCUT2D eigenvalue weighted by molar-refractivity contribution is 5.71. The van der Waals surface area contributed by atoms with Gasteiger partial charge in [-0.05, 0) is 12.8 Å². The second-order valence-electron chi connectivity index (χ2n) is 3.58. The van der Waals surface area contributed by atoms with Crippen molar-refractivity contribution in [3.05, 3.63) is 17.5 Å². The molecule has 1 unspecified atom stereocenters. The molecule has 0 radical (unpaired) electrons. The summed E-state index contributed by atoms with van der Waals surface area (Å²) >= 11 is 0. The van der Waals surface area contributed by atoms with Crippen LogP contribution in [0.5, 0.6) is 0 Å². The van der Waals surface area contributed by atoms with Crippen LogP contribution in [0.2, 0.25) is 0 Å². The quantitative estimate of drug-likeness (QED) is 0.668. The number of aromatic nitrogens is 2. The van der Waals surface area contributed by atoms with Gasteiger partial charge in [-0.15, -0.1) is 0 Å². The molecule has 0 N–H and O–H groups in total. The fraction of sp³-hybridized carbons (Fsp3) is 0.600. The summed E-state index contributed by atoms with van der Waals surface area (Å²) in [6.07, 6.45) is 4.08. The summed E-state index contributed by atoms with van der Waals surface area (Å²) in [6.45, 7) is 2.06. The van der Waals surface area contributed by atoms with Crippen LogP contribution in [-0.2, 0) is 23.0 Å². The van der Waals surface area contributed by atoms with E-state index >= 15 is 0 Å². The molecular weight excluding hydrogens is 180 g/mol. The van der Waals surface area contributed by atoms with Gasteiger partial charge in [0.15, 0.2) is 0 Å². The van der Waals surface area contributed by atoms with E-state index in [1.807, 2.05) is 13.2 Å². The topological polar surface area (TPSA) is 44.1 Å². The summed E-state index contributed by atoms with van der Waals surface area (Å²) in [4.78, 5) is 11.0. The second kappa shape index (κ2) is 3.44. The molecule has 1 aromatic heterocycles. The summed E-state index contributed by atoms with van der Waals surface area (Å²) in [5.41, 5.74) is 2.10. The predicted molar refractivity (Wildman–Crippen MR) is 50.7 cm³/mol. The summed E-state index contributed by atoms with van der Waals surface area (Å²) in [5.74, 6) is -0.0964. The number of esters is 1. The normalized spacial score (nSPS) is 21.3. The highest BCUT2D eigenvalue weighted by Crippen LogP contribution is 2.31. The molecule has 2 heterocycles. The number of cyclic esters (lactones) is 1. The van der Waals surface area contributed by atoms with Crippen LogP contribution in [-0.4, -0.2) is 15.7 Å². The Morgan fingerprint density at radius 3 is 3.07 bits per heavy atom. The minimum Gasteiger partial charge on any atom is -0.457 e. The van der Waals surface area contributed by atoms with E-state index in [0.717, 1.165) is 24.1 Å². The second-order valence-corrected chi connectivity index (χ2v) is 3.58. The van der Waals surface area contributed by atoms with Crippen LogP contribution in [0.15, 0.2) is 6.20 Å². The van der Waals surface area contributed by atoms with Gasteiger partial charge in [-0.2, -0.15) is 5.10 Å². The molecule has 0 aliphatic carbocycles. The van der Waals surface area contributed by atoms with Crippen LogP contribution in [0, 0.1) is 0 Å². The van der Waals surface area contributed by atoms with E-state index in [2.05, 4.69) is 12.0 Å².